The Hall–Kier alpha value is -0.870. The molecule has 0 spiro atoms. The van der Waals surface area contributed by atoms with Crippen LogP contribution in [0.3, 0.4) is 0 Å². The maximum absolute atomic E-state index is 12.4. The molecule has 1 fully saturated rings. The Balaban J connectivity index is 2.03. The first kappa shape index (κ1) is 13.6. The van der Waals surface area contributed by atoms with Crippen LogP contribution < -0.4 is 0 Å². The number of carbonyl (C=O) groups excluding carboxylic acids is 1. The van der Waals surface area contributed by atoms with E-state index in [0.717, 1.165) is 37.2 Å². The number of piperidine rings is 1. The van der Waals surface area contributed by atoms with Crippen LogP contribution in [0.4, 0.5) is 0 Å². The van der Waals surface area contributed by atoms with E-state index < -0.39 is 0 Å². The Morgan fingerprint density at radius 3 is 2.67 bits per heavy atom. The predicted octanol–water partition coefficient (Wildman–Crippen LogP) is 2.46. The van der Waals surface area contributed by atoms with Crippen LogP contribution in [0.5, 0.6) is 0 Å². The Morgan fingerprint density at radius 1 is 1.50 bits per heavy atom. The third-order valence-electron chi connectivity index (χ3n) is 3.77. The summed E-state index contributed by atoms with van der Waals surface area (Å²) in [6.07, 6.45) is 2.84. The SMILES string of the molecule is CCc1cc(C(=O)N2CCC(CO)CC2)sc1C. The van der Waals surface area contributed by atoms with Gasteiger partial charge >= 0.3 is 0 Å². The average molecular weight is 267 g/mol. The van der Waals surface area contributed by atoms with Gasteiger partial charge in [-0.3, -0.25) is 4.79 Å². The Morgan fingerprint density at radius 2 is 2.17 bits per heavy atom. The monoisotopic (exact) mass is 267 g/mol. The fourth-order valence-electron chi connectivity index (χ4n) is 2.45. The highest BCUT2D eigenvalue weighted by Crippen LogP contribution is 2.25. The van der Waals surface area contributed by atoms with E-state index >= 15 is 0 Å². The molecule has 3 nitrogen and oxygen atoms in total. The zero-order chi connectivity index (χ0) is 13.1. The van der Waals surface area contributed by atoms with Crippen LogP contribution >= 0.6 is 11.3 Å². The van der Waals surface area contributed by atoms with Gasteiger partial charge in [-0.15, -0.1) is 11.3 Å². The molecule has 0 aliphatic carbocycles. The van der Waals surface area contributed by atoms with Gasteiger partial charge in [-0.1, -0.05) is 6.92 Å². The molecule has 4 heteroatoms. The minimum Gasteiger partial charge on any atom is -0.396 e. The van der Waals surface area contributed by atoms with Crippen molar-refractivity contribution in [2.45, 2.75) is 33.1 Å². The average Bonchev–Trinajstić information content (AvgIpc) is 2.79. The van der Waals surface area contributed by atoms with Crippen LogP contribution in [-0.2, 0) is 6.42 Å². The molecule has 1 aliphatic heterocycles. The first-order chi connectivity index (χ1) is 8.65. The van der Waals surface area contributed by atoms with E-state index in [1.807, 2.05) is 11.0 Å². The van der Waals surface area contributed by atoms with Gasteiger partial charge in [-0.05, 0) is 43.7 Å². The largest absolute Gasteiger partial charge is 0.396 e. The molecule has 1 aromatic rings. The number of aliphatic hydroxyl groups excluding tert-OH is 1. The summed E-state index contributed by atoms with van der Waals surface area (Å²) < 4.78 is 0. The normalized spacial score (nSPS) is 17.2. The van der Waals surface area contributed by atoms with Gasteiger partial charge in [-0.2, -0.15) is 0 Å². The fraction of sp³-hybridized carbons (Fsp3) is 0.643. The van der Waals surface area contributed by atoms with Crippen LogP contribution in [0, 0.1) is 12.8 Å². The topological polar surface area (TPSA) is 40.5 Å². The molecule has 1 aromatic heterocycles. The summed E-state index contributed by atoms with van der Waals surface area (Å²) in [5.74, 6) is 0.546. The van der Waals surface area contributed by atoms with Crippen LogP contribution in [0.1, 0.15) is 39.9 Å². The summed E-state index contributed by atoms with van der Waals surface area (Å²) in [7, 11) is 0. The van der Waals surface area contributed by atoms with E-state index in [4.69, 9.17) is 5.11 Å². The van der Waals surface area contributed by atoms with E-state index in [1.54, 1.807) is 11.3 Å². The van der Waals surface area contributed by atoms with Gasteiger partial charge in [0.15, 0.2) is 0 Å². The van der Waals surface area contributed by atoms with Crippen molar-refractivity contribution in [3.05, 3.63) is 21.4 Å². The van der Waals surface area contributed by atoms with Crippen LogP contribution in [0.25, 0.3) is 0 Å². The molecule has 1 saturated heterocycles. The van der Waals surface area contributed by atoms with Gasteiger partial charge in [0.1, 0.15) is 0 Å². The lowest BCUT2D eigenvalue weighted by Gasteiger charge is -2.30. The third kappa shape index (κ3) is 2.75. The number of thiophene rings is 1. The van der Waals surface area contributed by atoms with Crippen molar-refractivity contribution in [1.82, 2.24) is 4.90 Å². The maximum atomic E-state index is 12.4. The zero-order valence-corrected chi connectivity index (χ0v) is 11.9. The van der Waals surface area contributed by atoms with E-state index in [2.05, 4.69) is 13.8 Å². The number of likely N-dealkylation sites (tertiary alicyclic amines) is 1. The van der Waals surface area contributed by atoms with E-state index in [1.165, 1.54) is 10.4 Å². The molecule has 1 amide bonds. The molecule has 0 aromatic carbocycles. The molecule has 1 N–H and O–H groups in total. The van der Waals surface area contributed by atoms with Crippen LogP contribution in [0.2, 0.25) is 0 Å². The molecule has 0 atom stereocenters. The molecule has 18 heavy (non-hydrogen) atoms. The van der Waals surface area contributed by atoms with Crippen molar-refractivity contribution in [2.75, 3.05) is 19.7 Å². The second-order valence-electron chi connectivity index (χ2n) is 4.96. The van der Waals surface area contributed by atoms with Crippen LogP contribution in [-0.4, -0.2) is 35.6 Å². The number of carbonyl (C=O) groups is 1. The van der Waals surface area contributed by atoms with Crippen molar-refractivity contribution in [3.8, 4) is 0 Å². The van der Waals surface area contributed by atoms with Gasteiger partial charge in [-0.25, -0.2) is 0 Å². The second-order valence-corrected chi connectivity index (χ2v) is 6.22. The molecular formula is C14H21NO2S. The molecule has 0 saturated carbocycles. The summed E-state index contributed by atoms with van der Waals surface area (Å²) in [6, 6.07) is 2.04. The molecule has 2 heterocycles. The molecule has 0 radical (unpaired) electrons. The first-order valence-corrected chi connectivity index (χ1v) is 7.46. The number of aliphatic hydroxyl groups is 1. The number of hydrogen-bond donors (Lipinski definition) is 1. The first-order valence-electron chi connectivity index (χ1n) is 6.65. The van der Waals surface area contributed by atoms with Gasteiger partial charge < -0.3 is 10.0 Å². The van der Waals surface area contributed by atoms with Crippen molar-refractivity contribution < 1.29 is 9.90 Å². The summed E-state index contributed by atoms with van der Waals surface area (Å²) in [5, 5.41) is 9.10. The standard InChI is InChI=1S/C14H21NO2S/c1-3-12-8-13(18-10(12)2)14(17)15-6-4-11(9-16)5-7-15/h8,11,16H,3-7,9H2,1-2H3. The maximum Gasteiger partial charge on any atom is 0.263 e. The molecule has 100 valence electrons. The second kappa shape index (κ2) is 5.85. The summed E-state index contributed by atoms with van der Waals surface area (Å²) in [4.78, 5) is 16.4. The number of hydrogen-bond acceptors (Lipinski definition) is 3. The highest BCUT2D eigenvalue weighted by Gasteiger charge is 2.24. The highest BCUT2D eigenvalue weighted by molar-refractivity contribution is 7.14. The van der Waals surface area contributed by atoms with E-state index in [0.29, 0.717) is 5.92 Å². The number of nitrogens with zero attached hydrogens (tertiary/aromatic N) is 1. The lowest BCUT2D eigenvalue weighted by atomic mass is 9.98. The Labute approximate surface area is 112 Å². The number of aryl methyl sites for hydroxylation is 2. The molecule has 1 aliphatic rings. The predicted molar refractivity (Wildman–Crippen MR) is 74.1 cm³/mol. The lowest BCUT2D eigenvalue weighted by Crippen LogP contribution is -2.38. The Bertz CT molecular complexity index is 419. The Kier molecular flexibility index (Phi) is 4.40. The van der Waals surface area contributed by atoms with Crippen molar-refractivity contribution >= 4 is 17.2 Å². The molecule has 2 rings (SSSR count). The van der Waals surface area contributed by atoms with Gasteiger partial charge in [0.05, 0.1) is 4.88 Å². The van der Waals surface area contributed by atoms with Gasteiger partial charge in [0.2, 0.25) is 0 Å². The number of amides is 1. The van der Waals surface area contributed by atoms with Crippen molar-refractivity contribution in [2.24, 2.45) is 5.92 Å². The van der Waals surface area contributed by atoms with Crippen molar-refractivity contribution in [3.63, 3.8) is 0 Å². The summed E-state index contributed by atoms with van der Waals surface area (Å²) in [5.41, 5.74) is 1.29. The van der Waals surface area contributed by atoms with Gasteiger partial charge in [0, 0.05) is 24.6 Å². The quantitative estimate of drug-likeness (QED) is 0.914. The van der Waals surface area contributed by atoms with E-state index in [9.17, 15) is 4.79 Å². The minimum absolute atomic E-state index is 0.166. The summed E-state index contributed by atoms with van der Waals surface area (Å²) in [6.45, 7) is 6.01. The van der Waals surface area contributed by atoms with E-state index in [-0.39, 0.29) is 12.5 Å². The van der Waals surface area contributed by atoms with Gasteiger partial charge in [0.25, 0.3) is 5.91 Å². The highest BCUT2D eigenvalue weighted by atomic mass is 32.1. The minimum atomic E-state index is 0.166. The summed E-state index contributed by atoms with van der Waals surface area (Å²) >= 11 is 1.61. The smallest absolute Gasteiger partial charge is 0.263 e. The van der Waals surface area contributed by atoms with Crippen molar-refractivity contribution in [1.29, 1.82) is 0 Å². The zero-order valence-electron chi connectivity index (χ0n) is 11.1. The molecule has 0 bridgehead atoms. The molecule has 0 unspecified atom stereocenters. The third-order valence-corrected chi connectivity index (χ3v) is 4.85. The fourth-order valence-corrected chi connectivity index (χ4v) is 3.53. The molecular weight excluding hydrogens is 246 g/mol. The van der Waals surface area contributed by atoms with Crippen LogP contribution in [0.15, 0.2) is 6.07 Å². The lowest BCUT2D eigenvalue weighted by molar-refractivity contribution is 0.0655. The number of rotatable bonds is 3.